The third kappa shape index (κ3) is 7.43. The van der Waals surface area contributed by atoms with E-state index in [1.807, 2.05) is 30.3 Å². The molecule has 1 aromatic carbocycles. The fraction of sp³-hybridized carbons (Fsp3) is 0.429. The lowest BCUT2D eigenvalue weighted by atomic mass is 10.1. The predicted molar refractivity (Wildman–Crippen MR) is 111 cm³/mol. The quantitative estimate of drug-likeness (QED) is 0.444. The van der Waals surface area contributed by atoms with Gasteiger partial charge in [0.25, 0.3) is 0 Å². The summed E-state index contributed by atoms with van der Waals surface area (Å²) in [5, 5.41) is 15.3. The number of carboxylic acid groups (broad SMARTS) is 1. The Bertz CT molecular complexity index is 728. The smallest absolute Gasteiger partial charge is 0.338 e. The summed E-state index contributed by atoms with van der Waals surface area (Å²) in [6.07, 6.45) is 7.59. The minimum absolute atomic E-state index is 0.139. The van der Waals surface area contributed by atoms with Gasteiger partial charge in [0.2, 0.25) is 0 Å². The molecular formula is C21H28N2O3S. The van der Waals surface area contributed by atoms with Crippen molar-refractivity contribution in [3.8, 4) is 0 Å². The Morgan fingerprint density at radius 2 is 1.74 bits per heavy atom. The molecule has 6 heteroatoms. The SMILES string of the molecule is CCCCCCCCNC(=O)Nc1sc(Cc2ccccc2)cc1C(=O)O. The number of benzene rings is 1. The zero-order chi connectivity index (χ0) is 19.5. The second-order valence-corrected chi connectivity index (χ2v) is 7.71. The first-order valence-electron chi connectivity index (χ1n) is 9.55. The van der Waals surface area contributed by atoms with Crippen LogP contribution in [0.4, 0.5) is 9.80 Å². The summed E-state index contributed by atoms with van der Waals surface area (Å²) in [7, 11) is 0. The Morgan fingerprint density at radius 1 is 1.04 bits per heavy atom. The second kappa shape index (κ2) is 11.4. The lowest BCUT2D eigenvalue weighted by Gasteiger charge is -2.07. The van der Waals surface area contributed by atoms with Crippen molar-refractivity contribution in [3.63, 3.8) is 0 Å². The van der Waals surface area contributed by atoms with E-state index in [1.54, 1.807) is 6.07 Å². The number of nitrogens with one attached hydrogen (secondary N) is 2. The van der Waals surface area contributed by atoms with Gasteiger partial charge < -0.3 is 10.4 Å². The van der Waals surface area contributed by atoms with Gasteiger partial charge >= 0.3 is 12.0 Å². The van der Waals surface area contributed by atoms with Gasteiger partial charge in [-0.05, 0) is 18.1 Å². The summed E-state index contributed by atoms with van der Waals surface area (Å²) in [6.45, 7) is 2.79. The largest absolute Gasteiger partial charge is 0.478 e. The molecule has 3 N–H and O–H groups in total. The molecule has 0 aliphatic rings. The van der Waals surface area contributed by atoms with Crippen LogP contribution < -0.4 is 10.6 Å². The van der Waals surface area contributed by atoms with E-state index in [9.17, 15) is 14.7 Å². The maximum atomic E-state index is 12.1. The average molecular weight is 389 g/mol. The van der Waals surface area contributed by atoms with Gasteiger partial charge in [0.05, 0.1) is 5.56 Å². The summed E-state index contributed by atoms with van der Waals surface area (Å²) in [5.74, 6) is -1.03. The molecule has 2 amide bonds. The Balaban J connectivity index is 1.85. The molecule has 0 fully saturated rings. The third-order valence-electron chi connectivity index (χ3n) is 4.28. The van der Waals surface area contributed by atoms with Gasteiger partial charge in [-0.25, -0.2) is 9.59 Å². The number of unbranched alkanes of at least 4 members (excludes halogenated alkanes) is 5. The minimum atomic E-state index is -1.03. The number of urea groups is 1. The molecule has 5 nitrogen and oxygen atoms in total. The third-order valence-corrected chi connectivity index (χ3v) is 5.33. The Labute approximate surface area is 164 Å². The summed E-state index contributed by atoms with van der Waals surface area (Å²) >= 11 is 1.31. The standard InChI is InChI=1S/C21H28N2O3S/c1-2-3-4-5-6-10-13-22-21(26)23-19-18(20(24)25)15-17(27-19)14-16-11-8-7-9-12-16/h7-9,11-12,15H,2-6,10,13-14H2,1H3,(H,24,25)(H2,22,23,26). The van der Waals surface area contributed by atoms with Gasteiger partial charge in [0.1, 0.15) is 5.00 Å². The molecule has 0 unspecified atom stereocenters. The number of amides is 2. The molecule has 0 saturated carbocycles. The van der Waals surface area contributed by atoms with Gasteiger partial charge in [0.15, 0.2) is 0 Å². The number of aromatic carboxylic acids is 1. The van der Waals surface area contributed by atoms with Crippen LogP contribution in [0.15, 0.2) is 36.4 Å². The zero-order valence-electron chi connectivity index (χ0n) is 15.8. The molecule has 1 aromatic heterocycles. The monoisotopic (exact) mass is 388 g/mol. The topological polar surface area (TPSA) is 78.4 Å². The highest BCUT2D eigenvalue weighted by atomic mass is 32.1. The molecule has 27 heavy (non-hydrogen) atoms. The molecule has 0 atom stereocenters. The highest BCUT2D eigenvalue weighted by molar-refractivity contribution is 7.16. The highest BCUT2D eigenvalue weighted by Crippen LogP contribution is 2.30. The van der Waals surface area contributed by atoms with E-state index >= 15 is 0 Å². The van der Waals surface area contributed by atoms with E-state index in [0.717, 1.165) is 23.3 Å². The molecule has 0 bridgehead atoms. The van der Waals surface area contributed by atoms with Crippen LogP contribution in [0.5, 0.6) is 0 Å². The molecule has 1 heterocycles. The van der Waals surface area contributed by atoms with Gasteiger partial charge in [-0.3, -0.25) is 5.32 Å². The van der Waals surface area contributed by atoms with Gasteiger partial charge in [-0.15, -0.1) is 11.3 Å². The van der Waals surface area contributed by atoms with Crippen LogP contribution in [-0.2, 0) is 6.42 Å². The zero-order valence-corrected chi connectivity index (χ0v) is 16.6. The fourth-order valence-electron chi connectivity index (χ4n) is 2.83. The minimum Gasteiger partial charge on any atom is -0.478 e. The molecule has 0 spiro atoms. The second-order valence-electron chi connectivity index (χ2n) is 6.57. The van der Waals surface area contributed by atoms with Gasteiger partial charge in [-0.1, -0.05) is 69.4 Å². The maximum Gasteiger partial charge on any atom is 0.338 e. The molecule has 0 saturated heterocycles. The Kier molecular flexibility index (Phi) is 8.84. The van der Waals surface area contributed by atoms with Crippen molar-refractivity contribution in [2.45, 2.75) is 51.9 Å². The molecule has 0 aliphatic carbocycles. The number of thiophene rings is 1. The van der Waals surface area contributed by atoms with Crippen LogP contribution in [0.25, 0.3) is 0 Å². The molecular weight excluding hydrogens is 360 g/mol. The predicted octanol–water partition coefficient (Wildman–Crippen LogP) is 5.52. The van der Waals surface area contributed by atoms with Gasteiger partial charge in [-0.2, -0.15) is 0 Å². The number of rotatable bonds is 11. The number of carbonyl (C=O) groups excluding carboxylic acids is 1. The van der Waals surface area contributed by atoms with Crippen LogP contribution >= 0.6 is 11.3 Å². The van der Waals surface area contributed by atoms with E-state index in [0.29, 0.717) is 18.0 Å². The first-order chi connectivity index (χ1) is 13.1. The first kappa shape index (κ1) is 21.0. The normalized spacial score (nSPS) is 10.6. The number of anilines is 1. The molecule has 146 valence electrons. The van der Waals surface area contributed by atoms with Crippen LogP contribution in [0.3, 0.4) is 0 Å². The number of carboxylic acids is 1. The summed E-state index contributed by atoms with van der Waals surface area (Å²) in [6, 6.07) is 11.1. The van der Waals surface area contributed by atoms with Crippen LogP contribution in [0.2, 0.25) is 0 Å². The number of hydrogen-bond donors (Lipinski definition) is 3. The number of carbonyl (C=O) groups is 2. The van der Waals surface area contributed by atoms with Gasteiger partial charge in [0, 0.05) is 17.8 Å². The summed E-state index contributed by atoms with van der Waals surface area (Å²) in [5.41, 5.74) is 1.25. The Hall–Kier alpha value is -2.34. The van der Waals surface area contributed by atoms with Crippen molar-refractivity contribution in [2.75, 3.05) is 11.9 Å². The van der Waals surface area contributed by atoms with E-state index in [4.69, 9.17) is 0 Å². The average Bonchev–Trinajstić information content (AvgIpc) is 3.04. The summed E-state index contributed by atoms with van der Waals surface area (Å²) in [4.78, 5) is 24.5. The summed E-state index contributed by atoms with van der Waals surface area (Å²) < 4.78 is 0. The maximum absolute atomic E-state index is 12.1. The van der Waals surface area contributed by atoms with Crippen LogP contribution in [-0.4, -0.2) is 23.7 Å². The van der Waals surface area contributed by atoms with E-state index < -0.39 is 5.97 Å². The Morgan fingerprint density at radius 3 is 2.44 bits per heavy atom. The molecule has 0 radical (unpaired) electrons. The van der Waals surface area contributed by atoms with E-state index in [1.165, 1.54) is 37.0 Å². The lowest BCUT2D eigenvalue weighted by Crippen LogP contribution is -2.29. The van der Waals surface area contributed by atoms with Crippen molar-refractivity contribution < 1.29 is 14.7 Å². The van der Waals surface area contributed by atoms with Crippen molar-refractivity contribution in [3.05, 3.63) is 52.4 Å². The number of hydrogen-bond acceptors (Lipinski definition) is 3. The van der Waals surface area contributed by atoms with Crippen LogP contribution in [0, 0.1) is 0 Å². The lowest BCUT2D eigenvalue weighted by molar-refractivity contribution is 0.0698. The molecule has 0 aliphatic heterocycles. The highest BCUT2D eigenvalue weighted by Gasteiger charge is 2.17. The molecule has 2 rings (SSSR count). The first-order valence-corrected chi connectivity index (χ1v) is 10.4. The fourth-order valence-corrected chi connectivity index (χ4v) is 3.91. The van der Waals surface area contributed by atoms with E-state index in [-0.39, 0.29) is 11.6 Å². The molecule has 2 aromatic rings. The van der Waals surface area contributed by atoms with Crippen molar-refractivity contribution in [1.82, 2.24) is 5.32 Å². The van der Waals surface area contributed by atoms with Crippen molar-refractivity contribution >= 4 is 28.3 Å². The van der Waals surface area contributed by atoms with Crippen molar-refractivity contribution in [1.29, 1.82) is 0 Å². The van der Waals surface area contributed by atoms with Crippen molar-refractivity contribution in [2.24, 2.45) is 0 Å². The van der Waals surface area contributed by atoms with E-state index in [2.05, 4.69) is 17.6 Å². The van der Waals surface area contributed by atoms with Crippen LogP contribution in [0.1, 0.15) is 66.2 Å².